The van der Waals surface area contributed by atoms with Crippen LogP contribution < -0.4 is 14.2 Å². The summed E-state index contributed by atoms with van der Waals surface area (Å²) in [6.07, 6.45) is 3.53. The number of para-hydroxylation sites is 1. The molecule has 1 aromatic rings. The van der Waals surface area contributed by atoms with E-state index in [1.807, 2.05) is 6.92 Å². The highest BCUT2D eigenvalue weighted by molar-refractivity contribution is 5.74. The van der Waals surface area contributed by atoms with Gasteiger partial charge >= 0.3 is 11.9 Å². The Morgan fingerprint density at radius 3 is 2.04 bits per heavy atom. The first kappa shape index (κ1) is 19.8. The maximum atomic E-state index is 12.0. The van der Waals surface area contributed by atoms with Gasteiger partial charge in [0.25, 0.3) is 0 Å². The number of hydrogen-bond donors (Lipinski definition) is 0. The van der Waals surface area contributed by atoms with Crippen LogP contribution in [0.4, 0.5) is 0 Å². The van der Waals surface area contributed by atoms with Gasteiger partial charge in [0.05, 0.1) is 20.8 Å². The Bertz CT molecular complexity index is 504. The van der Waals surface area contributed by atoms with Crippen LogP contribution in [0.3, 0.4) is 0 Å². The molecular weight excluding hydrogens is 312 g/mol. The maximum Gasteiger partial charge on any atom is 0.311 e. The first-order chi connectivity index (χ1) is 11.6. The molecule has 6 nitrogen and oxygen atoms in total. The van der Waals surface area contributed by atoms with Crippen molar-refractivity contribution in [1.82, 2.24) is 0 Å². The second kappa shape index (κ2) is 11.3. The summed E-state index contributed by atoms with van der Waals surface area (Å²) in [4.78, 5) is 23.4. The Kier molecular flexibility index (Phi) is 9.34. The predicted molar refractivity (Wildman–Crippen MR) is 89.5 cm³/mol. The van der Waals surface area contributed by atoms with Crippen molar-refractivity contribution in [1.29, 1.82) is 0 Å². The summed E-state index contributed by atoms with van der Waals surface area (Å²) < 4.78 is 20.7. The quantitative estimate of drug-likeness (QED) is 0.349. The molecule has 0 aliphatic carbocycles. The molecule has 0 unspecified atom stereocenters. The Balaban J connectivity index is 2.36. The minimum Gasteiger partial charge on any atom is -0.493 e. The number of rotatable bonds is 11. The minimum atomic E-state index is -0.392. The number of unbranched alkanes of at least 4 members (excludes halogenated alkanes) is 2. The summed E-state index contributed by atoms with van der Waals surface area (Å²) in [6.45, 7) is 2.50. The Morgan fingerprint density at radius 2 is 1.50 bits per heavy atom. The first-order valence-electron chi connectivity index (χ1n) is 8.19. The molecule has 0 amide bonds. The van der Waals surface area contributed by atoms with E-state index in [2.05, 4.69) is 0 Å². The van der Waals surface area contributed by atoms with Crippen LogP contribution in [0.15, 0.2) is 18.2 Å². The number of esters is 2. The van der Waals surface area contributed by atoms with Gasteiger partial charge in [0.15, 0.2) is 11.5 Å². The Hall–Kier alpha value is -2.24. The molecule has 0 N–H and O–H groups in total. The highest BCUT2D eigenvalue weighted by Gasteiger charge is 2.15. The molecule has 0 radical (unpaired) electrons. The van der Waals surface area contributed by atoms with Gasteiger partial charge in [-0.3, -0.25) is 9.59 Å². The summed E-state index contributed by atoms with van der Waals surface area (Å²) in [6, 6.07) is 5.13. The molecule has 0 saturated carbocycles. The largest absolute Gasteiger partial charge is 0.493 e. The average molecular weight is 338 g/mol. The lowest BCUT2D eigenvalue weighted by atomic mass is 10.2. The van der Waals surface area contributed by atoms with Crippen molar-refractivity contribution in [2.45, 2.75) is 45.4 Å². The van der Waals surface area contributed by atoms with Gasteiger partial charge in [0.2, 0.25) is 5.75 Å². The van der Waals surface area contributed by atoms with Crippen molar-refractivity contribution in [3.8, 4) is 17.2 Å². The van der Waals surface area contributed by atoms with Crippen molar-refractivity contribution in [3.63, 3.8) is 0 Å². The smallest absolute Gasteiger partial charge is 0.311 e. The molecule has 1 rings (SSSR count). The number of carbonyl (C=O) groups excluding carboxylic acids is 2. The molecule has 0 atom stereocenters. The van der Waals surface area contributed by atoms with E-state index in [1.165, 1.54) is 14.2 Å². The Labute approximate surface area is 143 Å². The zero-order valence-corrected chi connectivity index (χ0v) is 14.6. The van der Waals surface area contributed by atoms with Gasteiger partial charge in [-0.15, -0.1) is 0 Å². The summed E-state index contributed by atoms with van der Waals surface area (Å²) in [5.74, 6) is 0.524. The lowest BCUT2D eigenvalue weighted by molar-refractivity contribution is -0.144. The van der Waals surface area contributed by atoms with Gasteiger partial charge in [-0.25, -0.2) is 0 Å². The lowest BCUT2D eigenvalue weighted by Crippen LogP contribution is -2.10. The minimum absolute atomic E-state index is 0.212. The summed E-state index contributed by atoms with van der Waals surface area (Å²) in [5.41, 5.74) is 0. The number of benzene rings is 1. The van der Waals surface area contributed by atoms with Gasteiger partial charge in [-0.2, -0.15) is 0 Å². The van der Waals surface area contributed by atoms with Crippen molar-refractivity contribution in [2.75, 3.05) is 20.8 Å². The third-order valence-electron chi connectivity index (χ3n) is 3.37. The van der Waals surface area contributed by atoms with Crippen LogP contribution in [0.1, 0.15) is 45.4 Å². The third kappa shape index (κ3) is 6.89. The molecule has 1 aromatic carbocycles. The van der Waals surface area contributed by atoms with E-state index in [0.717, 1.165) is 12.8 Å². The number of methoxy groups -OCH3 is 2. The van der Waals surface area contributed by atoms with Crippen LogP contribution in [-0.2, 0) is 14.3 Å². The number of carbonyl (C=O) groups is 2. The van der Waals surface area contributed by atoms with Gasteiger partial charge < -0.3 is 18.9 Å². The van der Waals surface area contributed by atoms with Crippen LogP contribution >= 0.6 is 0 Å². The molecule has 0 aromatic heterocycles. The number of hydrogen-bond acceptors (Lipinski definition) is 6. The average Bonchev–Trinajstić information content (AvgIpc) is 2.59. The lowest BCUT2D eigenvalue weighted by Gasteiger charge is -2.12. The Morgan fingerprint density at radius 1 is 0.917 bits per heavy atom. The molecule has 6 heteroatoms. The van der Waals surface area contributed by atoms with Gasteiger partial charge in [-0.05, 0) is 31.4 Å². The molecule has 0 heterocycles. The van der Waals surface area contributed by atoms with Crippen LogP contribution in [-0.4, -0.2) is 32.8 Å². The molecular formula is C18H26O6. The van der Waals surface area contributed by atoms with E-state index >= 15 is 0 Å². The SMILES string of the molecule is CCCCOC(=O)CCCCC(=O)Oc1c(OC)cccc1OC. The van der Waals surface area contributed by atoms with E-state index in [-0.39, 0.29) is 18.1 Å². The molecule has 24 heavy (non-hydrogen) atoms. The monoisotopic (exact) mass is 338 g/mol. The normalized spacial score (nSPS) is 10.1. The van der Waals surface area contributed by atoms with Gasteiger partial charge in [0.1, 0.15) is 0 Å². The topological polar surface area (TPSA) is 71.1 Å². The fraction of sp³-hybridized carbons (Fsp3) is 0.556. The van der Waals surface area contributed by atoms with E-state index in [1.54, 1.807) is 18.2 Å². The van der Waals surface area contributed by atoms with E-state index in [0.29, 0.717) is 37.4 Å². The molecule has 0 spiro atoms. The van der Waals surface area contributed by atoms with E-state index in [4.69, 9.17) is 18.9 Å². The summed E-state index contributed by atoms with van der Waals surface area (Å²) in [5, 5.41) is 0. The van der Waals surface area contributed by atoms with Crippen molar-refractivity contribution in [2.24, 2.45) is 0 Å². The zero-order chi connectivity index (χ0) is 17.8. The fourth-order valence-electron chi connectivity index (χ4n) is 2.02. The molecule has 0 aliphatic heterocycles. The molecule has 134 valence electrons. The molecule has 0 fully saturated rings. The molecule has 0 bridgehead atoms. The van der Waals surface area contributed by atoms with Gasteiger partial charge in [0, 0.05) is 12.8 Å². The highest BCUT2D eigenvalue weighted by atomic mass is 16.6. The second-order valence-electron chi connectivity index (χ2n) is 5.25. The van der Waals surface area contributed by atoms with Crippen molar-refractivity contribution < 1.29 is 28.5 Å². The molecule has 0 saturated heterocycles. The zero-order valence-electron chi connectivity index (χ0n) is 14.6. The predicted octanol–water partition coefficient (Wildman–Crippen LogP) is 3.51. The highest BCUT2D eigenvalue weighted by Crippen LogP contribution is 2.37. The maximum absolute atomic E-state index is 12.0. The van der Waals surface area contributed by atoms with Crippen LogP contribution in [0.5, 0.6) is 17.2 Å². The van der Waals surface area contributed by atoms with Gasteiger partial charge in [-0.1, -0.05) is 19.4 Å². The summed E-state index contributed by atoms with van der Waals surface area (Å²) in [7, 11) is 2.99. The summed E-state index contributed by atoms with van der Waals surface area (Å²) >= 11 is 0. The van der Waals surface area contributed by atoms with Crippen molar-refractivity contribution >= 4 is 11.9 Å². The van der Waals surface area contributed by atoms with E-state index in [9.17, 15) is 9.59 Å². The fourth-order valence-corrected chi connectivity index (χ4v) is 2.02. The van der Waals surface area contributed by atoms with E-state index < -0.39 is 5.97 Å². The first-order valence-corrected chi connectivity index (χ1v) is 8.19. The third-order valence-corrected chi connectivity index (χ3v) is 3.37. The van der Waals surface area contributed by atoms with Crippen molar-refractivity contribution in [3.05, 3.63) is 18.2 Å². The van der Waals surface area contributed by atoms with Crippen LogP contribution in [0.25, 0.3) is 0 Å². The van der Waals surface area contributed by atoms with Crippen LogP contribution in [0.2, 0.25) is 0 Å². The standard InChI is InChI=1S/C18H26O6/c1-4-5-13-23-16(19)11-6-7-12-17(20)24-18-14(21-2)9-8-10-15(18)22-3/h8-10H,4-7,11-13H2,1-3H3. The van der Waals surface area contributed by atoms with Crippen LogP contribution in [0, 0.1) is 0 Å². The second-order valence-corrected chi connectivity index (χ2v) is 5.25. The molecule has 0 aliphatic rings. The number of ether oxygens (including phenoxy) is 4.